The van der Waals surface area contributed by atoms with Gasteiger partial charge in [-0.3, -0.25) is 0 Å². The van der Waals surface area contributed by atoms with Crippen molar-refractivity contribution in [3.63, 3.8) is 0 Å². The Labute approximate surface area is 105 Å². The normalized spacial score (nSPS) is 12.4. The molecule has 7 nitrogen and oxygen atoms in total. The average Bonchev–Trinajstić information content (AvgIpc) is 2.84. The molecule has 2 N–H and O–H groups in total. The Hall–Kier alpha value is -2.02. The van der Waals surface area contributed by atoms with Crippen molar-refractivity contribution in [2.24, 2.45) is 0 Å². The van der Waals surface area contributed by atoms with E-state index in [0.29, 0.717) is 18.5 Å². The smallest absolute Gasteiger partial charge is 0.315 e. The minimum absolute atomic E-state index is 0.0364. The Balaban J connectivity index is 1.96. The third-order valence-electron chi connectivity index (χ3n) is 2.50. The third-order valence-corrected chi connectivity index (χ3v) is 2.50. The second-order valence-corrected chi connectivity index (χ2v) is 3.90. The molecule has 2 rings (SSSR count). The number of nitrogens with one attached hydrogen (secondary N) is 2. The van der Waals surface area contributed by atoms with Crippen molar-refractivity contribution in [2.75, 3.05) is 12.4 Å². The van der Waals surface area contributed by atoms with Crippen molar-refractivity contribution in [3.05, 3.63) is 29.7 Å². The van der Waals surface area contributed by atoms with Crippen molar-refractivity contribution in [2.45, 2.75) is 26.4 Å². The first-order valence-electron chi connectivity index (χ1n) is 5.72. The van der Waals surface area contributed by atoms with E-state index in [-0.39, 0.29) is 6.04 Å². The van der Waals surface area contributed by atoms with Crippen LogP contribution in [0.1, 0.15) is 30.4 Å². The van der Waals surface area contributed by atoms with Gasteiger partial charge in [-0.1, -0.05) is 5.10 Å². The van der Waals surface area contributed by atoms with Gasteiger partial charge in [0.15, 0.2) is 0 Å². The molecular weight excluding hydrogens is 232 g/mol. The van der Waals surface area contributed by atoms with Crippen molar-refractivity contribution in [1.82, 2.24) is 25.5 Å². The highest BCUT2D eigenvalue weighted by molar-refractivity contribution is 5.19. The molecule has 0 aliphatic carbocycles. The summed E-state index contributed by atoms with van der Waals surface area (Å²) in [6.07, 6.45) is 1.72. The highest BCUT2D eigenvalue weighted by atomic mass is 16.4. The van der Waals surface area contributed by atoms with Gasteiger partial charge in [-0.15, -0.1) is 5.10 Å². The van der Waals surface area contributed by atoms with Gasteiger partial charge in [-0.25, -0.2) is 9.97 Å². The van der Waals surface area contributed by atoms with Gasteiger partial charge in [0.05, 0.1) is 18.3 Å². The highest BCUT2D eigenvalue weighted by Gasteiger charge is 2.11. The lowest BCUT2D eigenvalue weighted by Crippen LogP contribution is -2.12. The standard InChI is InChI=1S/C11H16N6O/c1-7(12-3)10-16-17-11(18-10)14-6-9-4-5-13-8(2)15-9/h4-5,7,12H,6H2,1-3H3,(H,14,17). The van der Waals surface area contributed by atoms with Gasteiger partial charge < -0.3 is 15.1 Å². The fourth-order valence-electron chi connectivity index (χ4n) is 1.37. The summed E-state index contributed by atoms with van der Waals surface area (Å²) in [7, 11) is 1.84. The lowest BCUT2D eigenvalue weighted by Gasteiger charge is -2.03. The van der Waals surface area contributed by atoms with E-state index < -0.39 is 0 Å². The number of aryl methyl sites for hydroxylation is 1. The van der Waals surface area contributed by atoms with Crippen LogP contribution < -0.4 is 10.6 Å². The van der Waals surface area contributed by atoms with E-state index in [9.17, 15) is 0 Å². The van der Waals surface area contributed by atoms with Gasteiger partial charge in [0.2, 0.25) is 5.89 Å². The van der Waals surface area contributed by atoms with Gasteiger partial charge in [0.1, 0.15) is 5.82 Å². The molecule has 96 valence electrons. The van der Waals surface area contributed by atoms with Crippen LogP contribution in [-0.4, -0.2) is 27.2 Å². The largest absolute Gasteiger partial charge is 0.406 e. The van der Waals surface area contributed by atoms with E-state index in [1.165, 1.54) is 0 Å². The molecule has 1 atom stereocenters. The summed E-state index contributed by atoms with van der Waals surface area (Å²) in [5.41, 5.74) is 0.879. The Morgan fingerprint density at radius 3 is 2.94 bits per heavy atom. The molecule has 0 aliphatic heterocycles. The van der Waals surface area contributed by atoms with E-state index in [1.54, 1.807) is 6.20 Å². The first-order chi connectivity index (χ1) is 8.69. The van der Waals surface area contributed by atoms with Gasteiger partial charge in [0.25, 0.3) is 0 Å². The Bertz CT molecular complexity index is 512. The number of nitrogens with zero attached hydrogens (tertiary/aromatic N) is 4. The van der Waals surface area contributed by atoms with Crippen molar-refractivity contribution >= 4 is 6.01 Å². The maximum Gasteiger partial charge on any atom is 0.315 e. The number of hydrogen-bond acceptors (Lipinski definition) is 7. The van der Waals surface area contributed by atoms with Gasteiger partial charge >= 0.3 is 6.01 Å². The summed E-state index contributed by atoms with van der Waals surface area (Å²) in [6, 6.07) is 2.27. The zero-order chi connectivity index (χ0) is 13.0. The van der Waals surface area contributed by atoms with E-state index in [1.807, 2.05) is 27.0 Å². The van der Waals surface area contributed by atoms with Crippen LogP contribution in [0.4, 0.5) is 6.01 Å². The Morgan fingerprint density at radius 1 is 1.39 bits per heavy atom. The summed E-state index contributed by atoms with van der Waals surface area (Å²) in [6.45, 7) is 4.33. The van der Waals surface area contributed by atoms with Crippen LogP contribution in [0.25, 0.3) is 0 Å². The Morgan fingerprint density at radius 2 is 2.22 bits per heavy atom. The molecule has 0 bridgehead atoms. The van der Waals surface area contributed by atoms with Crippen LogP contribution in [0.15, 0.2) is 16.7 Å². The lowest BCUT2D eigenvalue weighted by atomic mass is 10.3. The number of hydrogen-bond donors (Lipinski definition) is 2. The minimum Gasteiger partial charge on any atom is -0.406 e. The van der Waals surface area contributed by atoms with E-state index in [2.05, 4.69) is 30.8 Å². The predicted octanol–water partition coefficient (Wildman–Crippen LogP) is 1.06. The van der Waals surface area contributed by atoms with Gasteiger partial charge in [0, 0.05) is 6.20 Å². The van der Waals surface area contributed by atoms with Crippen LogP contribution in [-0.2, 0) is 6.54 Å². The van der Waals surface area contributed by atoms with Crippen molar-refractivity contribution in [1.29, 1.82) is 0 Å². The zero-order valence-electron chi connectivity index (χ0n) is 10.6. The molecule has 1 unspecified atom stereocenters. The molecule has 0 saturated heterocycles. The molecule has 0 saturated carbocycles. The van der Waals surface area contributed by atoms with E-state index in [4.69, 9.17) is 4.42 Å². The maximum atomic E-state index is 5.45. The average molecular weight is 248 g/mol. The quantitative estimate of drug-likeness (QED) is 0.817. The second-order valence-electron chi connectivity index (χ2n) is 3.90. The molecule has 7 heteroatoms. The van der Waals surface area contributed by atoms with Gasteiger partial charge in [-0.2, -0.15) is 0 Å². The Kier molecular flexibility index (Phi) is 3.83. The number of rotatable bonds is 5. The lowest BCUT2D eigenvalue weighted by molar-refractivity contribution is 0.441. The predicted molar refractivity (Wildman–Crippen MR) is 65.9 cm³/mol. The summed E-state index contributed by atoms with van der Waals surface area (Å²) < 4.78 is 5.45. The molecule has 2 aromatic rings. The second kappa shape index (κ2) is 5.54. The van der Waals surface area contributed by atoms with Crippen LogP contribution in [0.2, 0.25) is 0 Å². The topological polar surface area (TPSA) is 88.8 Å². The van der Waals surface area contributed by atoms with Crippen molar-refractivity contribution < 1.29 is 4.42 Å². The van der Waals surface area contributed by atoms with Crippen LogP contribution >= 0.6 is 0 Å². The molecule has 0 aromatic carbocycles. The zero-order valence-corrected chi connectivity index (χ0v) is 10.6. The summed E-state index contributed by atoms with van der Waals surface area (Å²) in [5, 5.41) is 13.9. The fraction of sp³-hybridized carbons (Fsp3) is 0.455. The van der Waals surface area contributed by atoms with E-state index in [0.717, 1.165) is 11.5 Å². The monoisotopic (exact) mass is 248 g/mol. The van der Waals surface area contributed by atoms with Gasteiger partial charge in [-0.05, 0) is 27.0 Å². The summed E-state index contributed by atoms with van der Waals surface area (Å²) in [5.74, 6) is 1.29. The van der Waals surface area contributed by atoms with Crippen LogP contribution in [0.3, 0.4) is 0 Å². The first kappa shape index (κ1) is 12.4. The summed E-state index contributed by atoms with van der Waals surface area (Å²) >= 11 is 0. The molecule has 0 aliphatic rings. The first-order valence-corrected chi connectivity index (χ1v) is 5.72. The molecule has 0 radical (unpaired) electrons. The molecular formula is C11H16N6O. The van der Waals surface area contributed by atoms with Crippen molar-refractivity contribution in [3.8, 4) is 0 Å². The molecule has 0 spiro atoms. The molecule has 2 heterocycles. The van der Waals surface area contributed by atoms with E-state index >= 15 is 0 Å². The van der Waals surface area contributed by atoms with Crippen LogP contribution in [0.5, 0.6) is 0 Å². The highest BCUT2D eigenvalue weighted by Crippen LogP contribution is 2.13. The number of anilines is 1. The summed E-state index contributed by atoms with van der Waals surface area (Å²) in [4.78, 5) is 8.31. The molecule has 0 amide bonds. The number of aromatic nitrogens is 4. The van der Waals surface area contributed by atoms with Crippen LogP contribution in [0, 0.1) is 6.92 Å². The SMILES string of the molecule is CNC(C)c1nnc(NCc2ccnc(C)n2)o1. The maximum absolute atomic E-state index is 5.45. The minimum atomic E-state index is 0.0364. The molecule has 18 heavy (non-hydrogen) atoms. The molecule has 0 fully saturated rings. The molecule has 2 aromatic heterocycles. The third kappa shape index (κ3) is 3.01. The fourth-order valence-corrected chi connectivity index (χ4v) is 1.37.